The average Bonchev–Trinajstić information content (AvgIpc) is 2.92. The van der Waals surface area contributed by atoms with E-state index in [9.17, 15) is 9.59 Å². The van der Waals surface area contributed by atoms with Gasteiger partial charge in [-0.05, 0) is 25.7 Å². The first-order valence-electron chi connectivity index (χ1n) is 7.31. The Morgan fingerprint density at radius 1 is 1.25 bits per heavy atom. The van der Waals surface area contributed by atoms with Crippen LogP contribution < -0.4 is 0 Å². The van der Waals surface area contributed by atoms with Crippen LogP contribution in [-0.4, -0.2) is 62.4 Å². The number of hydrogen-bond acceptors (Lipinski definition) is 5. The van der Waals surface area contributed by atoms with E-state index in [1.807, 2.05) is 0 Å². The Kier molecular flexibility index (Phi) is 5.79. The van der Waals surface area contributed by atoms with Gasteiger partial charge in [0.25, 0.3) is 0 Å². The van der Waals surface area contributed by atoms with Crippen LogP contribution in [0.4, 0.5) is 0 Å². The van der Waals surface area contributed by atoms with Gasteiger partial charge >= 0.3 is 5.97 Å². The summed E-state index contributed by atoms with van der Waals surface area (Å²) in [6.45, 7) is 5.23. The minimum Gasteiger partial charge on any atom is -0.466 e. The van der Waals surface area contributed by atoms with Crippen molar-refractivity contribution in [2.24, 2.45) is 5.92 Å². The second-order valence-electron chi connectivity index (χ2n) is 5.26. The van der Waals surface area contributed by atoms with E-state index in [1.54, 1.807) is 11.8 Å². The third-order valence-electron chi connectivity index (χ3n) is 3.78. The zero-order valence-electron chi connectivity index (χ0n) is 12.0. The molecule has 114 valence electrons. The predicted molar refractivity (Wildman–Crippen MR) is 71.1 cm³/mol. The summed E-state index contributed by atoms with van der Waals surface area (Å²) >= 11 is 0. The van der Waals surface area contributed by atoms with Crippen molar-refractivity contribution in [1.82, 2.24) is 4.90 Å². The van der Waals surface area contributed by atoms with Crippen molar-refractivity contribution in [3.05, 3.63) is 0 Å². The molecule has 2 fully saturated rings. The molecule has 0 bridgehead atoms. The van der Waals surface area contributed by atoms with E-state index in [1.165, 1.54) is 0 Å². The number of nitrogens with zero attached hydrogens (tertiary/aromatic N) is 1. The number of rotatable bonds is 5. The van der Waals surface area contributed by atoms with E-state index in [-0.39, 0.29) is 18.4 Å². The van der Waals surface area contributed by atoms with Gasteiger partial charge < -0.3 is 19.1 Å². The molecular weight excluding hydrogens is 262 g/mol. The number of esters is 1. The van der Waals surface area contributed by atoms with E-state index >= 15 is 0 Å². The minimum atomic E-state index is -0.452. The molecular formula is C14H23NO5. The van der Waals surface area contributed by atoms with Crippen molar-refractivity contribution in [3.8, 4) is 0 Å². The second kappa shape index (κ2) is 7.59. The third-order valence-corrected chi connectivity index (χ3v) is 3.78. The fraction of sp³-hybridized carbons (Fsp3) is 0.857. The Bertz CT molecular complexity index is 340. The summed E-state index contributed by atoms with van der Waals surface area (Å²) in [4.78, 5) is 25.4. The Morgan fingerprint density at radius 2 is 2.05 bits per heavy atom. The van der Waals surface area contributed by atoms with Crippen molar-refractivity contribution in [2.75, 3.05) is 39.6 Å². The smallest absolute Gasteiger partial charge is 0.315 e. The van der Waals surface area contributed by atoms with Gasteiger partial charge in [-0.1, -0.05) is 0 Å². The number of ether oxygens (including phenoxy) is 3. The molecule has 2 aliphatic rings. The third kappa shape index (κ3) is 4.18. The lowest BCUT2D eigenvalue weighted by molar-refractivity contribution is -0.152. The number of carbonyl (C=O) groups is 2. The molecule has 2 aliphatic heterocycles. The van der Waals surface area contributed by atoms with Crippen molar-refractivity contribution in [3.63, 3.8) is 0 Å². The van der Waals surface area contributed by atoms with Crippen LogP contribution in [0, 0.1) is 5.92 Å². The van der Waals surface area contributed by atoms with Crippen LogP contribution in [-0.2, 0) is 23.8 Å². The summed E-state index contributed by atoms with van der Waals surface area (Å²) in [5.41, 5.74) is 0. The first-order chi connectivity index (χ1) is 9.70. The molecule has 2 unspecified atom stereocenters. The molecule has 0 aromatic rings. The van der Waals surface area contributed by atoms with Crippen LogP contribution in [0.1, 0.15) is 26.2 Å². The number of carbonyl (C=O) groups excluding carboxylic acids is 2. The Balaban J connectivity index is 1.88. The van der Waals surface area contributed by atoms with Gasteiger partial charge in [0, 0.05) is 19.8 Å². The van der Waals surface area contributed by atoms with Gasteiger partial charge in [0.2, 0.25) is 5.91 Å². The van der Waals surface area contributed by atoms with Gasteiger partial charge in [0.15, 0.2) is 0 Å². The van der Waals surface area contributed by atoms with Gasteiger partial charge in [-0.15, -0.1) is 0 Å². The van der Waals surface area contributed by atoms with Crippen LogP contribution in [0.3, 0.4) is 0 Å². The number of amides is 1. The van der Waals surface area contributed by atoms with Crippen LogP contribution in [0.5, 0.6) is 0 Å². The van der Waals surface area contributed by atoms with Crippen molar-refractivity contribution >= 4 is 11.9 Å². The van der Waals surface area contributed by atoms with Crippen LogP contribution in [0.15, 0.2) is 0 Å². The molecule has 0 aromatic heterocycles. The van der Waals surface area contributed by atoms with Crippen LogP contribution in [0.25, 0.3) is 0 Å². The maximum absolute atomic E-state index is 12.2. The first kappa shape index (κ1) is 15.3. The van der Waals surface area contributed by atoms with E-state index in [0.29, 0.717) is 32.3 Å². The highest BCUT2D eigenvalue weighted by Gasteiger charge is 2.31. The lowest BCUT2D eigenvalue weighted by Gasteiger charge is -2.36. The summed E-state index contributed by atoms with van der Waals surface area (Å²) in [7, 11) is 0. The van der Waals surface area contributed by atoms with Gasteiger partial charge in [0.05, 0.1) is 25.9 Å². The van der Waals surface area contributed by atoms with Crippen LogP contribution in [0.2, 0.25) is 0 Å². The van der Waals surface area contributed by atoms with E-state index in [0.717, 1.165) is 26.1 Å². The summed E-state index contributed by atoms with van der Waals surface area (Å²) in [5.74, 6) is -0.123. The zero-order valence-corrected chi connectivity index (χ0v) is 12.0. The highest BCUT2D eigenvalue weighted by Crippen LogP contribution is 2.23. The zero-order chi connectivity index (χ0) is 14.4. The van der Waals surface area contributed by atoms with Gasteiger partial charge in [0.1, 0.15) is 6.42 Å². The van der Waals surface area contributed by atoms with Gasteiger partial charge in [-0.25, -0.2) is 0 Å². The monoisotopic (exact) mass is 285 g/mol. The number of hydrogen-bond donors (Lipinski definition) is 0. The van der Waals surface area contributed by atoms with Crippen molar-refractivity contribution in [1.29, 1.82) is 0 Å². The van der Waals surface area contributed by atoms with Gasteiger partial charge in [-0.2, -0.15) is 0 Å². The SMILES string of the molecule is CCOC(=O)CC(=O)N1CCOCC1CC1CCOC1. The molecule has 0 N–H and O–H groups in total. The molecule has 2 atom stereocenters. The first-order valence-corrected chi connectivity index (χ1v) is 7.31. The van der Waals surface area contributed by atoms with E-state index in [2.05, 4.69) is 0 Å². The second-order valence-corrected chi connectivity index (χ2v) is 5.26. The molecule has 20 heavy (non-hydrogen) atoms. The fourth-order valence-corrected chi connectivity index (χ4v) is 2.77. The average molecular weight is 285 g/mol. The molecule has 0 saturated carbocycles. The lowest BCUT2D eigenvalue weighted by atomic mass is 9.97. The summed E-state index contributed by atoms with van der Waals surface area (Å²) in [5, 5.41) is 0. The standard InChI is InChI=1S/C14H23NO5/c1-2-20-14(17)8-13(16)15-4-6-19-10-12(15)7-11-3-5-18-9-11/h11-12H,2-10H2,1H3. The lowest BCUT2D eigenvalue weighted by Crippen LogP contribution is -2.50. The quantitative estimate of drug-likeness (QED) is 0.546. The maximum atomic E-state index is 12.2. The molecule has 0 aromatic carbocycles. The van der Waals surface area contributed by atoms with Crippen molar-refractivity contribution < 1.29 is 23.8 Å². The fourth-order valence-electron chi connectivity index (χ4n) is 2.77. The molecule has 0 aliphatic carbocycles. The molecule has 1 amide bonds. The van der Waals surface area contributed by atoms with E-state index < -0.39 is 5.97 Å². The Labute approximate surface area is 119 Å². The topological polar surface area (TPSA) is 65.1 Å². The Hall–Kier alpha value is -1.14. The Morgan fingerprint density at radius 3 is 2.75 bits per heavy atom. The molecule has 0 radical (unpaired) electrons. The summed E-state index contributed by atoms with van der Waals surface area (Å²) in [6.07, 6.45) is 1.75. The minimum absolute atomic E-state index is 0.0531. The van der Waals surface area contributed by atoms with E-state index in [4.69, 9.17) is 14.2 Å². The largest absolute Gasteiger partial charge is 0.466 e. The van der Waals surface area contributed by atoms with Crippen LogP contribution >= 0.6 is 0 Å². The molecule has 2 rings (SSSR count). The summed E-state index contributed by atoms with van der Waals surface area (Å²) in [6, 6.07) is 0.0531. The summed E-state index contributed by atoms with van der Waals surface area (Å²) < 4.78 is 15.7. The molecule has 6 nitrogen and oxygen atoms in total. The normalized spacial score (nSPS) is 26.6. The van der Waals surface area contributed by atoms with Gasteiger partial charge in [-0.3, -0.25) is 9.59 Å². The molecule has 2 heterocycles. The predicted octanol–water partition coefficient (Wildman–Crippen LogP) is 0.594. The number of morpholine rings is 1. The maximum Gasteiger partial charge on any atom is 0.315 e. The highest BCUT2D eigenvalue weighted by molar-refractivity contribution is 5.94. The van der Waals surface area contributed by atoms with Crippen molar-refractivity contribution in [2.45, 2.75) is 32.2 Å². The molecule has 6 heteroatoms. The molecule has 0 spiro atoms. The molecule has 2 saturated heterocycles. The highest BCUT2D eigenvalue weighted by atomic mass is 16.5.